The van der Waals surface area contributed by atoms with Crippen LogP contribution in [-0.2, 0) is 0 Å². The molecule has 0 fully saturated rings. The van der Waals surface area contributed by atoms with Crippen molar-refractivity contribution < 1.29 is 4.74 Å². The van der Waals surface area contributed by atoms with E-state index in [2.05, 4.69) is 28.9 Å². The predicted octanol–water partition coefficient (Wildman–Crippen LogP) is 3.60. The van der Waals surface area contributed by atoms with Gasteiger partial charge in [-0.3, -0.25) is 0 Å². The van der Waals surface area contributed by atoms with E-state index in [1.807, 2.05) is 41.9 Å². The van der Waals surface area contributed by atoms with Gasteiger partial charge in [0.15, 0.2) is 11.5 Å². The summed E-state index contributed by atoms with van der Waals surface area (Å²) in [6.07, 6.45) is 1.72. The van der Waals surface area contributed by atoms with Gasteiger partial charge in [-0.1, -0.05) is 0 Å². The Morgan fingerprint density at radius 1 is 1.12 bits per heavy atom. The van der Waals surface area contributed by atoms with Gasteiger partial charge in [0.05, 0.1) is 23.7 Å². The van der Waals surface area contributed by atoms with Crippen LogP contribution >= 0.6 is 0 Å². The summed E-state index contributed by atoms with van der Waals surface area (Å²) in [5.74, 6) is 1.63. The Hall–Kier alpha value is -3.22. The molecule has 0 amide bonds. The van der Waals surface area contributed by atoms with E-state index in [-0.39, 0.29) is 6.04 Å². The molecule has 0 aliphatic carbocycles. The average molecular weight is 348 g/mol. The van der Waals surface area contributed by atoms with Gasteiger partial charge in [-0.2, -0.15) is 5.10 Å². The second-order valence-electron chi connectivity index (χ2n) is 6.34. The van der Waals surface area contributed by atoms with Gasteiger partial charge in [-0.15, -0.1) is 0 Å². The van der Waals surface area contributed by atoms with Crippen LogP contribution in [-0.4, -0.2) is 31.3 Å². The highest BCUT2D eigenvalue weighted by atomic mass is 16.5. The fourth-order valence-electron chi connectivity index (χ4n) is 2.93. The molecule has 4 rings (SSSR count). The van der Waals surface area contributed by atoms with E-state index in [4.69, 9.17) is 15.5 Å². The van der Waals surface area contributed by atoms with Crippen LogP contribution in [0.15, 0.2) is 36.5 Å². The fraction of sp³-hybridized carbons (Fsp3) is 0.263. The highest BCUT2D eigenvalue weighted by Gasteiger charge is 2.14. The summed E-state index contributed by atoms with van der Waals surface area (Å²) in [6, 6.07) is 9.93. The minimum Gasteiger partial charge on any atom is -0.478 e. The van der Waals surface area contributed by atoms with Crippen molar-refractivity contribution >= 4 is 27.8 Å². The Labute approximate surface area is 150 Å². The quantitative estimate of drug-likeness (QED) is 0.606. The van der Waals surface area contributed by atoms with Crippen LogP contribution in [0.1, 0.15) is 26.8 Å². The van der Waals surface area contributed by atoms with Crippen molar-refractivity contribution in [3.8, 4) is 17.3 Å². The van der Waals surface area contributed by atoms with Gasteiger partial charge in [0.1, 0.15) is 5.82 Å². The van der Waals surface area contributed by atoms with Crippen molar-refractivity contribution in [1.29, 1.82) is 0 Å². The molecular formula is C19H20N6O. The van der Waals surface area contributed by atoms with E-state index in [1.54, 1.807) is 6.20 Å². The number of nitrogens with zero attached hydrogens (tertiary/aromatic N) is 5. The van der Waals surface area contributed by atoms with E-state index in [1.165, 1.54) is 0 Å². The minimum atomic E-state index is 0.187. The number of ether oxygens (including phenoxy) is 1. The number of nitrogens with two attached hydrogens (primary N) is 1. The van der Waals surface area contributed by atoms with Gasteiger partial charge in [-0.25, -0.2) is 19.6 Å². The summed E-state index contributed by atoms with van der Waals surface area (Å²) in [4.78, 5) is 13.7. The number of aromatic nitrogens is 5. The minimum absolute atomic E-state index is 0.187. The molecule has 26 heavy (non-hydrogen) atoms. The number of anilines is 1. The fourth-order valence-corrected chi connectivity index (χ4v) is 2.93. The SMILES string of the molecule is CCOc1ccc2cc(-c3nc(N)c4cnn(C(C)C)c4n3)ccc2n1. The molecule has 0 unspecified atom stereocenters. The third-order valence-electron chi connectivity index (χ3n) is 4.19. The third-order valence-corrected chi connectivity index (χ3v) is 4.19. The van der Waals surface area contributed by atoms with Crippen molar-refractivity contribution in [3.05, 3.63) is 36.5 Å². The van der Waals surface area contributed by atoms with E-state index < -0.39 is 0 Å². The zero-order valence-corrected chi connectivity index (χ0v) is 15.0. The van der Waals surface area contributed by atoms with Crippen LogP contribution in [0, 0.1) is 0 Å². The first kappa shape index (κ1) is 16.3. The first-order valence-electron chi connectivity index (χ1n) is 8.61. The standard InChI is InChI=1S/C19H20N6O/c1-4-26-16-8-6-12-9-13(5-7-15(12)22-16)18-23-17(20)14-10-21-25(11(2)3)19(14)24-18/h5-11H,4H2,1-3H3,(H2,20,23,24). The highest BCUT2D eigenvalue weighted by Crippen LogP contribution is 2.27. The maximum Gasteiger partial charge on any atom is 0.213 e. The Kier molecular flexibility index (Phi) is 3.91. The molecule has 7 heteroatoms. The molecule has 0 aliphatic heterocycles. The monoisotopic (exact) mass is 348 g/mol. The van der Waals surface area contributed by atoms with Crippen LogP contribution < -0.4 is 10.5 Å². The van der Waals surface area contributed by atoms with Crippen LogP contribution in [0.25, 0.3) is 33.3 Å². The van der Waals surface area contributed by atoms with Gasteiger partial charge >= 0.3 is 0 Å². The Balaban J connectivity index is 1.83. The molecule has 0 bridgehead atoms. The van der Waals surface area contributed by atoms with Crippen molar-refractivity contribution in [2.45, 2.75) is 26.8 Å². The summed E-state index contributed by atoms with van der Waals surface area (Å²) in [5, 5.41) is 6.14. The van der Waals surface area contributed by atoms with Gasteiger partial charge in [-0.05, 0) is 45.0 Å². The van der Waals surface area contributed by atoms with Crippen molar-refractivity contribution in [2.24, 2.45) is 0 Å². The summed E-state index contributed by atoms with van der Waals surface area (Å²) < 4.78 is 7.31. The molecule has 3 heterocycles. The van der Waals surface area contributed by atoms with Gasteiger partial charge in [0.2, 0.25) is 5.88 Å². The number of pyridine rings is 1. The lowest BCUT2D eigenvalue weighted by Crippen LogP contribution is -2.05. The average Bonchev–Trinajstić information content (AvgIpc) is 3.06. The zero-order valence-electron chi connectivity index (χ0n) is 15.0. The number of hydrogen-bond donors (Lipinski definition) is 1. The lowest BCUT2D eigenvalue weighted by Gasteiger charge is -2.09. The second kappa shape index (κ2) is 6.25. The molecule has 7 nitrogen and oxygen atoms in total. The molecule has 0 radical (unpaired) electrons. The van der Waals surface area contributed by atoms with Gasteiger partial charge in [0, 0.05) is 23.1 Å². The highest BCUT2D eigenvalue weighted by molar-refractivity contribution is 5.88. The smallest absolute Gasteiger partial charge is 0.213 e. The molecule has 4 aromatic rings. The lowest BCUT2D eigenvalue weighted by atomic mass is 10.1. The molecule has 0 aliphatic rings. The second-order valence-corrected chi connectivity index (χ2v) is 6.34. The van der Waals surface area contributed by atoms with Crippen LogP contribution in [0.2, 0.25) is 0 Å². The van der Waals surface area contributed by atoms with E-state index in [9.17, 15) is 0 Å². The summed E-state index contributed by atoms with van der Waals surface area (Å²) in [6.45, 7) is 6.64. The molecule has 3 aromatic heterocycles. The third kappa shape index (κ3) is 2.71. The Morgan fingerprint density at radius 3 is 2.73 bits per heavy atom. The first-order valence-corrected chi connectivity index (χ1v) is 8.61. The number of rotatable bonds is 4. The van der Waals surface area contributed by atoms with Gasteiger partial charge < -0.3 is 10.5 Å². The van der Waals surface area contributed by atoms with Crippen LogP contribution in [0.4, 0.5) is 5.82 Å². The molecule has 0 saturated carbocycles. The maximum absolute atomic E-state index is 6.14. The number of fused-ring (bicyclic) bond motifs is 2. The summed E-state index contributed by atoms with van der Waals surface area (Å²) in [5.41, 5.74) is 8.63. The molecule has 0 saturated heterocycles. The first-order chi connectivity index (χ1) is 12.6. The van der Waals surface area contributed by atoms with Crippen LogP contribution in [0.3, 0.4) is 0 Å². The van der Waals surface area contributed by atoms with Crippen molar-refractivity contribution in [1.82, 2.24) is 24.7 Å². The van der Waals surface area contributed by atoms with E-state index in [0.29, 0.717) is 24.1 Å². The zero-order chi connectivity index (χ0) is 18.3. The van der Waals surface area contributed by atoms with Crippen molar-refractivity contribution in [3.63, 3.8) is 0 Å². The Bertz CT molecular complexity index is 1100. The van der Waals surface area contributed by atoms with Gasteiger partial charge in [0.25, 0.3) is 0 Å². The molecule has 0 atom stereocenters. The molecule has 132 valence electrons. The topological polar surface area (TPSA) is 91.7 Å². The number of hydrogen-bond acceptors (Lipinski definition) is 6. The predicted molar refractivity (Wildman–Crippen MR) is 102 cm³/mol. The lowest BCUT2D eigenvalue weighted by molar-refractivity contribution is 0.328. The molecule has 0 spiro atoms. The summed E-state index contributed by atoms with van der Waals surface area (Å²) >= 11 is 0. The number of nitrogen functional groups attached to an aromatic ring is 1. The Morgan fingerprint density at radius 2 is 1.96 bits per heavy atom. The van der Waals surface area contributed by atoms with Crippen LogP contribution in [0.5, 0.6) is 5.88 Å². The van der Waals surface area contributed by atoms with E-state index >= 15 is 0 Å². The largest absolute Gasteiger partial charge is 0.478 e. The normalized spacial score (nSPS) is 11.5. The molecular weight excluding hydrogens is 328 g/mol. The summed E-state index contributed by atoms with van der Waals surface area (Å²) in [7, 11) is 0. The molecule has 2 N–H and O–H groups in total. The molecule has 1 aromatic carbocycles. The number of benzene rings is 1. The van der Waals surface area contributed by atoms with E-state index in [0.717, 1.165) is 27.5 Å². The van der Waals surface area contributed by atoms with Crippen molar-refractivity contribution in [2.75, 3.05) is 12.3 Å². The maximum atomic E-state index is 6.14.